The third-order valence-electron chi connectivity index (χ3n) is 6.21. The number of pyridine rings is 1. The highest BCUT2D eigenvalue weighted by atomic mass is 16.2. The number of hydrogen-bond donors (Lipinski definition) is 2. The van der Waals surface area contributed by atoms with Gasteiger partial charge in [0.25, 0.3) is 0 Å². The van der Waals surface area contributed by atoms with Crippen molar-refractivity contribution in [3.05, 3.63) is 53.3 Å². The van der Waals surface area contributed by atoms with E-state index < -0.39 is 0 Å². The molecule has 0 aliphatic carbocycles. The SMILES string of the molecule is CCN1CCC2(CCN(c3ccc(N)c(C(=N)c4ccc(C)nc4)c3)C2=O)C1. The molecule has 1 spiro atoms. The zero-order valence-electron chi connectivity index (χ0n) is 16.5. The Labute approximate surface area is 165 Å². The lowest BCUT2D eigenvalue weighted by molar-refractivity contribution is -0.125. The summed E-state index contributed by atoms with van der Waals surface area (Å²) in [5.74, 6) is 0.211. The van der Waals surface area contributed by atoms with Crippen LogP contribution in [0.3, 0.4) is 0 Å². The van der Waals surface area contributed by atoms with Gasteiger partial charge in [-0.2, -0.15) is 0 Å². The number of benzene rings is 1. The van der Waals surface area contributed by atoms with Crippen LogP contribution in [0.2, 0.25) is 0 Å². The van der Waals surface area contributed by atoms with Crippen molar-refractivity contribution in [2.75, 3.05) is 36.8 Å². The lowest BCUT2D eigenvalue weighted by Crippen LogP contribution is -2.37. The Kier molecular flexibility index (Phi) is 4.67. The molecule has 3 heterocycles. The molecule has 1 amide bonds. The first-order chi connectivity index (χ1) is 13.4. The number of nitrogens with two attached hydrogens (primary N) is 1. The molecule has 1 atom stereocenters. The third-order valence-corrected chi connectivity index (χ3v) is 6.21. The maximum Gasteiger partial charge on any atom is 0.234 e. The molecule has 146 valence electrons. The second-order valence-electron chi connectivity index (χ2n) is 7.94. The van der Waals surface area contributed by atoms with Crippen LogP contribution in [0, 0.1) is 17.7 Å². The molecule has 6 heteroatoms. The van der Waals surface area contributed by atoms with E-state index in [1.807, 2.05) is 36.1 Å². The third kappa shape index (κ3) is 3.07. The number of anilines is 2. The topological polar surface area (TPSA) is 86.3 Å². The number of nitrogens with zero attached hydrogens (tertiary/aromatic N) is 3. The molecule has 2 aromatic rings. The molecule has 2 fully saturated rings. The van der Waals surface area contributed by atoms with Gasteiger partial charge in [0.15, 0.2) is 0 Å². The summed E-state index contributed by atoms with van der Waals surface area (Å²) in [5, 5.41) is 8.58. The van der Waals surface area contributed by atoms with Gasteiger partial charge in [-0.25, -0.2) is 0 Å². The standard InChI is InChI=1S/C22H27N5O/c1-3-26-10-8-22(14-26)9-11-27(21(22)28)17-6-7-19(23)18(12-17)20(24)16-5-4-15(2)25-13-16/h4-7,12-13,24H,3,8-11,14,23H2,1-2H3. The maximum atomic E-state index is 13.3. The van der Waals surface area contributed by atoms with Gasteiger partial charge in [0, 0.05) is 47.5 Å². The second-order valence-corrected chi connectivity index (χ2v) is 7.94. The normalized spacial score (nSPS) is 22.4. The van der Waals surface area contributed by atoms with E-state index >= 15 is 0 Å². The number of aryl methyl sites for hydroxylation is 1. The van der Waals surface area contributed by atoms with Crippen molar-refractivity contribution < 1.29 is 4.79 Å². The van der Waals surface area contributed by atoms with Crippen LogP contribution in [0.15, 0.2) is 36.5 Å². The number of carbonyl (C=O) groups excluding carboxylic acids is 1. The maximum absolute atomic E-state index is 13.3. The fourth-order valence-electron chi connectivity index (χ4n) is 4.37. The molecule has 2 aliphatic heterocycles. The highest BCUT2D eigenvalue weighted by Crippen LogP contribution is 2.42. The van der Waals surface area contributed by atoms with Gasteiger partial charge in [-0.15, -0.1) is 0 Å². The van der Waals surface area contributed by atoms with E-state index in [-0.39, 0.29) is 11.3 Å². The summed E-state index contributed by atoms with van der Waals surface area (Å²) < 4.78 is 0. The number of hydrogen-bond acceptors (Lipinski definition) is 5. The minimum atomic E-state index is -0.244. The Bertz CT molecular complexity index is 923. The van der Waals surface area contributed by atoms with Gasteiger partial charge in [0.1, 0.15) is 0 Å². The average molecular weight is 377 g/mol. The first-order valence-corrected chi connectivity index (χ1v) is 9.89. The minimum Gasteiger partial charge on any atom is -0.398 e. The molecule has 2 saturated heterocycles. The van der Waals surface area contributed by atoms with Crippen LogP contribution in [0.5, 0.6) is 0 Å². The van der Waals surface area contributed by atoms with Crippen LogP contribution >= 0.6 is 0 Å². The molecular formula is C22H27N5O. The van der Waals surface area contributed by atoms with Crippen LogP contribution in [-0.2, 0) is 4.79 Å². The lowest BCUT2D eigenvalue weighted by Gasteiger charge is -2.24. The van der Waals surface area contributed by atoms with E-state index in [1.54, 1.807) is 12.3 Å². The average Bonchev–Trinajstić information content (AvgIpc) is 3.27. The second kappa shape index (κ2) is 7.02. The summed E-state index contributed by atoms with van der Waals surface area (Å²) in [6, 6.07) is 9.33. The van der Waals surface area contributed by atoms with Gasteiger partial charge in [-0.1, -0.05) is 6.92 Å². The number of likely N-dealkylation sites (tertiary alicyclic amines) is 1. The van der Waals surface area contributed by atoms with Crippen molar-refractivity contribution in [2.24, 2.45) is 5.41 Å². The van der Waals surface area contributed by atoms with Crippen molar-refractivity contribution in [1.82, 2.24) is 9.88 Å². The summed E-state index contributed by atoms with van der Waals surface area (Å²) >= 11 is 0. The summed E-state index contributed by atoms with van der Waals surface area (Å²) in [7, 11) is 0. The van der Waals surface area contributed by atoms with E-state index in [0.29, 0.717) is 22.5 Å². The highest BCUT2D eigenvalue weighted by molar-refractivity contribution is 6.14. The summed E-state index contributed by atoms with van der Waals surface area (Å²) in [6.07, 6.45) is 3.52. The molecule has 1 aromatic carbocycles. The van der Waals surface area contributed by atoms with Gasteiger partial charge >= 0.3 is 0 Å². The zero-order chi connectivity index (χ0) is 19.9. The van der Waals surface area contributed by atoms with Gasteiger partial charge < -0.3 is 15.5 Å². The number of nitrogen functional groups attached to an aromatic ring is 1. The van der Waals surface area contributed by atoms with E-state index in [2.05, 4.69) is 16.8 Å². The molecule has 0 radical (unpaired) electrons. The molecule has 4 rings (SSSR count). The molecular weight excluding hydrogens is 350 g/mol. The molecule has 3 N–H and O–H groups in total. The number of nitrogens with one attached hydrogen (secondary N) is 1. The van der Waals surface area contributed by atoms with Gasteiger partial charge in [0.05, 0.1) is 11.1 Å². The van der Waals surface area contributed by atoms with Crippen molar-refractivity contribution in [3.8, 4) is 0 Å². The highest BCUT2D eigenvalue weighted by Gasteiger charge is 2.50. The minimum absolute atomic E-state index is 0.211. The van der Waals surface area contributed by atoms with Crippen molar-refractivity contribution in [1.29, 1.82) is 5.41 Å². The molecule has 0 bridgehead atoms. The van der Waals surface area contributed by atoms with Crippen molar-refractivity contribution >= 4 is 23.0 Å². The van der Waals surface area contributed by atoms with E-state index in [1.165, 1.54) is 0 Å². The Morgan fingerprint density at radius 2 is 2.04 bits per heavy atom. The van der Waals surface area contributed by atoms with E-state index in [9.17, 15) is 4.79 Å². The number of carbonyl (C=O) groups is 1. The molecule has 2 aliphatic rings. The monoisotopic (exact) mass is 377 g/mol. The van der Waals surface area contributed by atoms with E-state index in [0.717, 1.165) is 50.4 Å². The summed E-state index contributed by atoms with van der Waals surface area (Å²) in [6.45, 7) is 7.62. The van der Waals surface area contributed by atoms with Gasteiger partial charge in [-0.3, -0.25) is 15.2 Å². The van der Waals surface area contributed by atoms with Crippen LogP contribution in [-0.4, -0.2) is 47.7 Å². The largest absolute Gasteiger partial charge is 0.398 e. The predicted octanol–water partition coefficient (Wildman–Crippen LogP) is 2.84. The molecule has 28 heavy (non-hydrogen) atoms. The van der Waals surface area contributed by atoms with E-state index in [4.69, 9.17) is 11.1 Å². The lowest BCUT2D eigenvalue weighted by atomic mass is 9.85. The van der Waals surface area contributed by atoms with Crippen LogP contribution in [0.25, 0.3) is 0 Å². The Balaban J connectivity index is 1.62. The molecule has 1 aromatic heterocycles. The Hall–Kier alpha value is -2.73. The quantitative estimate of drug-likeness (QED) is 0.634. The molecule has 1 unspecified atom stereocenters. The van der Waals surface area contributed by atoms with Crippen molar-refractivity contribution in [2.45, 2.75) is 26.7 Å². The first kappa shape index (κ1) is 18.6. The summed E-state index contributed by atoms with van der Waals surface area (Å²) in [4.78, 5) is 21.8. The fraction of sp³-hybridized carbons (Fsp3) is 0.409. The number of aromatic nitrogens is 1. The van der Waals surface area contributed by atoms with Crippen LogP contribution in [0.4, 0.5) is 11.4 Å². The Morgan fingerprint density at radius 3 is 2.71 bits per heavy atom. The molecule has 0 saturated carbocycles. The first-order valence-electron chi connectivity index (χ1n) is 9.89. The zero-order valence-corrected chi connectivity index (χ0v) is 16.5. The Morgan fingerprint density at radius 1 is 1.25 bits per heavy atom. The molecule has 6 nitrogen and oxygen atoms in total. The number of rotatable bonds is 4. The fourth-order valence-corrected chi connectivity index (χ4v) is 4.37. The van der Waals surface area contributed by atoms with Crippen LogP contribution < -0.4 is 10.6 Å². The smallest absolute Gasteiger partial charge is 0.234 e. The number of amides is 1. The van der Waals surface area contributed by atoms with Crippen LogP contribution in [0.1, 0.15) is 36.6 Å². The van der Waals surface area contributed by atoms with Gasteiger partial charge in [-0.05, 0) is 63.2 Å². The van der Waals surface area contributed by atoms with Crippen molar-refractivity contribution in [3.63, 3.8) is 0 Å². The predicted molar refractivity (Wildman–Crippen MR) is 112 cm³/mol. The van der Waals surface area contributed by atoms with Gasteiger partial charge in [0.2, 0.25) is 5.91 Å². The summed E-state index contributed by atoms with van der Waals surface area (Å²) in [5.41, 5.74) is 9.87.